The molecule has 2 atom stereocenters. The average Bonchev–Trinajstić information content (AvgIpc) is 2.39. The van der Waals surface area contributed by atoms with E-state index in [1.54, 1.807) is 0 Å². The van der Waals surface area contributed by atoms with Crippen molar-refractivity contribution in [2.24, 2.45) is 17.6 Å². The van der Waals surface area contributed by atoms with Gasteiger partial charge in [0.05, 0.1) is 11.3 Å². The molecule has 1 aromatic rings. The fraction of sp³-hybridized carbons (Fsp3) is 0.667. The highest BCUT2D eigenvalue weighted by Crippen LogP contribution is 2.29. The van der Waals surface area contributed by atoms with Crippen molar-refractivity contribution < 1.29 is 0 Å². The molecule has 1 aliphatic carbocycles. The van der Waals surface area contributed by atoms with Gasteiger partial charge in [0.1, 0.15) is 4.99 Å². The summed E-state index contributed by atoms with van der Waals surface area (Å²) < 4.78 is 0. The molecule has 2 rings (SSSR count). The van der Waals surface area contributed by atoms with E-state index in [2.05, 4.69) is 22.4 Å². The Hall–Kier alpha value is -1.23. The van der Waals surface area contributed by atoms with Gasteiger partial charge in [0.15, 0.2) is 5.82 Å². The fourth-order valence-corrected chi connectivity index (χ4v) is 3.27. The molecule has 1 fully saturated rings. The van der Waals surface area contributed by atoms with Gasteiger partial charge in [-0.2, -0.15) is 5.10 Å². The van der Waals surface area contributed by atoms with Gasteiger partial charge in [-0.1, -0.05) is 32.0 Å². The number of aromatic nitrogens is 2. The second-order valence-corrected chi connectivity index (χ2v) is 6.46. The zero-order valence-electron chi connectivity index (χ0n) is 12.6. The summed E-state index contributed by atoms with van der Waals surface area (Å²) in [6, 6.07) is 0. The third-order valence-electron chi connectivity index (χ3n) is 4.30. The van der Waals surface area contributed by atoms with Crippen LogP contribution in [-0.2, 0) is 0 Å². The van der Waals surface area contributed by atoms with Gasteiger partial charge in [0.25, 0.3) is 0 Å². The Morgan fingerprint density at radius 2 is 2.10 bits per heavy atom. The molecular formula is C15H24N4S. The van der Waals surface area contributed by atoms with Crippen LogP contribution in [0.2, 0.25) is 0 Å². The molecule has 1 aromatic heterocycles. The van der Waals surface area contributed by atoms with E-state index in [-0.39, 0.29) is 0 Å². The normalized spacial score (nSPS) is 22.6. The maximum atomic E-state index is 5.84. The third-order valence-corrected chi connectivity index (χ3v) is 4.51. The molecule has 3 N–H and O–H groups in total. The molecule has 20 heavy (non-hydrogen) atoms. The number of hydrogen-bond donors (Lipinski definition) is 2. The van der Waals surface area contributed by atoms with Gasteiger partial charge < -0.3 is 11.1 Å². The van der Waals surface area contributed by atoms with E-state index in [1.165, 1.54) is 25.7 Å². The SMILES string of the molecule is Cc1nnc(NCC2CCCC(C)C2)c(C(N)=S)c1C. The van der Waals surface area contributed by atoms with Crippen LogP contribution in [0, 0.1) is 25.7 Å². The van der Waals surface area contributed by atoms with Gasteiger partial charge >= 0.3 is 0 Å². The van der Waals surface area contributed by atoms with Crippen LogP contribution in [0.15, 0.2) is 0 Å². The van der Waals surface area contributed by atoms with E-state index in [9.17, 15) is 0 Å². The van der Waals surface area contributed by atoms with E-state index in [0.29, 0.717) is 10.9 Å². The largest absolute Gasteiger partial charge is 0.389 e. The molecule has 1 heterocycles. The Kier molecular flexibility index (Phi) is 4.91. The first-order valence-electron chi connectivity index (χ1n) is 7.36. The Balaban J connectivity index is 2.09. The van der Waals surface area contributed by atoms with E-state index < -0.39 is 0 Å². The van der Waals surface area contributed by atoms with Gasteiger partial charge in [-0.25, -0.2) is 0 Å². The summed E-state index contributed by atoms with van der Waals surface area (Å²) in [6.45, 7) is 7.18. The first-order chi connectivity index (χ1) is 9.49. The van der Waals surface area contributed by atoms with Crippen molar-refractivity contribution >= 4 is 23.0 Å². The lowest BCUT2D eigenvalue weighted by atomic mass is 9.82. The Morgan fingerprint density at radius 1 is 1.35 bits per heavy atom. The van der Waals surface area contributed by atoms with Crippen LogP contribution in [0.3, 0.4) is 0 Å². The lowest BCUT2D eigenvalue weighted by molar-refractivity contribution is 0.293. The van der Waals surface area contributed by atoms with Crippen LogP contribution in [0.25, 0.3) is 0 Å². The summed E-state index contributed by atoms with van der Waals surface area (Å²) >= 11 is 5.16. The number of thiocarbonyl (C=S) groups is 1. The van der Waals surface area contributed by atoms with Crippen molar-refractivity contribution in [3.63, 3.8) is 0 Å². The fourth-order valence-electron chi connectivity index (χ4n) is 3.02. The van der Waals surface area contributed by atoms with Crippen LogP contribution >= 0.6 is 12.2 Å². The maximum absolute atomic E-state index is 5.84. The minimum absolute atomic E-state index is 0.389. The lowest BCUT2D eigenvalue weighted by Crippen LogP contribution is -2.24. The first-order valence-corrected chi connectivity index (χ1v) is 7.77. The number of aryl methyl sites for hydroxylation is 1. The minimum atomic E-state index is 0.389. The molecule has 110 valence electrons. The molecule has 0 radical (unpaired) electrons. The summed E-state index contributed by atoms with van der Waals surface area (Å²) in [5.41, 5.74) is 8.58. The van der Waals surface area contributed by atoms with Gasteiger partial charge in [-0.05, 0) is 44.1 Å². The van der Waals surface area contributed by atoms with Gasteiger partial charge in [-0.15, -0.1) is 5.10 Å². The topological polar surface area (TPSA) is 63.8 Å². The number of anilines is 1. The number of rotatable bonds is 4. The number of nitrogens with one attached hydrogen (secondary N) is 1. The summed E-state index contributed by atoms with van der Waals surface area (Å²) in [5, 5.41) is 11.8. The smallest absolute Gasteiger partial charge is 0.159 e. The van der Waals surface area contributed by atoms with Crippen LogP contribution in [0.5, 0.6) is 0 Å². The monoisotopic (exact) mass is 292 g/mol. The lowest BCUT2D eigenvalue weighted by Gasteiger charge is -2.27. The summed E-state index contributed by atoms with van der Waals surface area (Å²) in [4.78, 5) is 0.389. The third kappa shape index (κ3) is 3.45. The van der Waals surface area contributed by atoms with Crippen molar-refractivity contribution in [1.82, 2.24) is 10.2 Å². The van der Waals surface area contributed by atoms with Gasteiger partial charge in [-0.3, -0.25) is 0 Å². The van der Waals surface area contributed by atoms with Crippen molar-refractivity contribution in [2.45, 2.75) is 46.5 Å². The highest BCUT2D eigenvalue weighted by molar-refractivity contribution is 7.80. The molecule has 4 nitrogen and oxygen atoms in total. The molecular weight excluding hydrogens is 268 g/mol. The standard InChI is InChI=1S/C15H24N4S/c1-9-5-4-6-12(7-9)8-17-15-13(14(16)20)10(2)11(3)18-19-15/h9,12H,4-8H2,1-3H3,(H2,16,20)(H,17,19). The Bertz CT molecular complexity index is 501. The molecule has 2 unspecified atom stereocenters. The Morgan fingerprint density at radius 3 is 2.75 bits per heavy atom. The predicted octanol–water partition coefficient (Wildman–Crippen LogP) is 2.97. The Labute approximate surface area is 126 Å². The highest BCUT2D eigenvalue weighted by Gasteiger charge is 2.20. The molecule has 0 aromatic carbocycles. The molecule has 5 heteroatoms. The summed E-state index contributed by atoms with van der Waals surface area (Å²) in [7, 11) is 0. The molecule has 0 spiro atoms. The van der Waals surface area contributed by atoms with E-state index in [1.807, 2.05) is 13.8 Å². The molecule has 0 bridgehead atoms. The number of nitrogens with zero attached hydrogens (tertiary/aromatic N) is 2. The second kappa shape index (κ2) is 6.48. The van der Waals surface area contributed by atoms with Crippen LogP contribution in [0.4, 0.5) is 5.82 Å². The highest BCUT2D eigenvalue weighted by atomic mass is 32.1. The van der Waals surface area contributed by atoms with Crippen molar-refractivity contribution in [3.8, 4) is 0 Å². The molecule has 0 aliphatic heterocycles. The molecule has 0 amide bonds. The number of nitrogens with two attached hydrogens (primary N) is 1. The summed E-state index contributed by atoms with van der Waals surface area (Å²) in [6.07, 6.45) is 5.26. The van der Waals surface area contributed by atoms with E-state index >= 15 is 0 Å². The quantitative estimate of drug-likeness (QED) is 0.835. The van der Waals surface area contributed by atoms with E-state index in [0.717, 1.165) is 35.1 Å². The zero-order valence-corrected chi connectivity index (χ0v) is 13.4. The summed E-state index contributed by atoms with van der Waals surface area (Å²) in [5.74, 6) is 2.27. The maximum Gasteiger partial charge on any atom is 0.159 e. The molecule has 0 saturated heterocycles. The van der Waals surface area contributed by atoms with Crippen LogP contribution < -0.4 is 11.1 Å². The van der Waals surface area contributed by atoms with Crippen molar-refractivity contribution in [1.29, 1.82) is 0 Å². The van der Waals surface area contributed by atoms with Crippen molar-refractivity contribution in [3.05, 3.63) is 16.8 Å². The zero-order chi connectivity index (χ0) is 14.7. The van der Waals surface area contributed by atoms with Crippen LogP contribution in [-0.4, -0.2) is 21.7 Å². The second-order valence-electron chi connectivity index (χ2n) is 6.02. The average molecular weight is 292 g/mol. The molecule has 1 aliphatic rings. The molecule has 1 saturated carbocycles. The van der Waals surface area contributed by atoms with Gasteiger partial charge in [0, 0.05) is 6.54 Å². The number of hydrogen-bond acceptors (Lipinski definition) is 4. The minimum Gasteiger partial charge on any atom is -0.389 e. The van der Waals surface area contributed by atoms with Crippen molar-refractivity contribution in [2.75, 3.05) is 11.9 Å². The first kappa shape index (κ1) is 15.2. The van der Waals surface area contributed by atoms with Gasteiger partial charge in [0.2, 0.25) is 0 Å². The van der Waals surface area contributed by atoms with Crippen LogP contribution in [0.1, 0.15) is 49.4 Å². The predicted molar refractivity (Wildman–Crippen MR) is 87.0 cm³/mol. The van der Waals surface area contributed by atoms with E-state index in [4.69, 9.17) is 18.0 Å².